The Morgan fingerprint density at radius 2 is 1.91 bits per heavy atom. The van der Waals surface area contributed by atoms with Gasteiger partial charge in [-0.1, -0.05) is 6.07 Å². The number of rotatable bonds is 5. The van der Waals surface area contributed by atoms with Gasteiger partial charge in [0.1, 0.15) is 0 Å². The lowest BCUT2D eigenvalue weighted by atomic mass is 10.0. The number of nitrogens with one attached hydrogen (secondary N) is 2. The Morgan fingerprint density at radius 3 is 2.50 bits per heavy atom. The number of benzene rings is 1. The summed E-state index contributed by atoms with van der Waals surface area (Å²) in [7, 11) is -7.66. The zero-order valence-electron chi connectivity index (χ0n) is 11.9. The molecule has 1 aromatic carbocycles. The van der Waals surface area contributed by atoms with Gasteiger partial charge in [-0.05, 0) is 50.0 Å². The highest BCUT2D eigenvalue weighted by Crippen LogP contribution is 2.15. The fourth-order valence-corrected chi connectivity index (χ4v) is 4.02. The first-order chi connectivity index (χ1) is 9.79. The molecule has 0 spiro atoms. The van der Waals surface area contributed by atoms with Crippen LogP contribution in [0.3, 0.4) is 0 Å². The van der Waals surface area contributed by atoms with E-state index in [-0.39, 0.29) is 28.1 Å². The zero-order valence-corrected chi connectivity index (χ0v) is 14.3. The molecule has 1 heterocycles. The highest BCUT2D eigenvalue weighted by molar-refractivity contribution is 7.90. The highest BCUT2D eigenvalue weighted by Gasteiger charge is 2.20. The van der Waals surface area contributed by atoms with Crippen LogP contribution in [0.2, 0.25) is 0 Å². The van der Waals surface area contributed by atoms with Crippen molar-refractivity contribution in [1.82, 2.24) is 10.0 Å². The third kappa shape index (κ3) is 5.18. The lowest BCUT2D eigenvalue weighted by Crippen LogP contribution is -2.38. The minimum Gasteiger partial charge on any atom is -0.316 e. The van der Waals surface area contributed by atoms with Gasteiger partial charge < -0.3 is 5.32 Å². The monoisotopic (exact) mass is 369 g/mol. The second-order valence-electron chi connectivity index (χ2n) is 5.08. The quantitative estimate of drug-likeness (QED) is 0.676. The number of nitrogens with two attached hydrogens (primary N) is 1. The number of halogens is 1. The Balaban J connectivity index is 0.00000242. The number of sulfonamides is 2. The predicted octanol–water partition coefficient (Wildman–Crippen LogP) is 0.0337. The van der Waals surface area contributed by atoms with Crippen LogP contribution in [0.4, 0.5) is 0 Å². The van der Waals surface area contributed by atoms with Crippen molar-refractivity contribution in [2.75, 3.05) is 19.6 Å². The molecule has 1 unspecified atom stereocenters. The van der Waals surface area contributed by atoms with Crippen LogP contribution >= 0.6 is 12.4 Å². The molecule has 1 aliphatic rings. The maximum absolute atomic E-state index is 12.2. The molecule has 7 nitrogen and oxygen atoms in total. The summed E-state index contributed by atoms with van der Waals surface area (Å²) in [5.41, 5.74) is 0. The summed E-state index contributed by atoms with van der Waals surface area (Å²) in [4.78, 5) is -0.317. The van der Waals surface area contributed by atoms with Crippen molar-refractivity contribution in [3.8, 4) is 0 Å². The Labute approximate surface area is 137 Å². The van der Waals surface area contributed by atoms with Gasteiger partial charge >= 0.3 is 0 Å². The topological polar surface area (TPSA) is 118 Å². The molecule has 0 radical (unpaired) electrons. The molecule has 0 bridgehead atoms. The standard InChI is InChI=1S/C12H19N3O4S2.ClH/c13-20(16,17)11-4-1-5-12(7-11)21(18,19)15-9-10-3-2-6-14-8-10;/h1,4-5,7,10,14-15H,2-3,6,8-9H2,(H2,13,16,17);1H. The first-order valence-electron chi connectivity index (χ1n) is 6.62. The minimum absolute atomic E-state index is 0. The minimum atomic E-state index is -3.92. The summed E-state index contributed by atoms with van der Waals surface area (Å²) in [6.07, 6.45) is 1.99. The molecule has 0 aromatic heterocycles. The van der Waals surface area contributed by atoms with Crippen molar-refractivity contribution in [3.63, 3.8) is 0 Å². The summed E-state index contributed by atoms with van der Waals surface area (Å²) in [6, 6.07) is 5.03. The molecule has 10 heteroatoms. The Morgan fingerprint density at radius 1 is 1.23 bits per heavy atom. The Bertz CT molecular complexity index is 701. The number of primary sulfonamides is 1. The summed E-state index contributed by atoms with van der Waals surface area (Å²) < 4.78 is 49.4. The molecule has 0 amide bonds. The largest absolute Gasteiger partial charge is 0.316 e. The molecular formula is C12H20ClN3O4S2. The maximum Gasteiger partial charge on any atom is 0.240 e. The first-order valence-corrected chi connectivity index (χ1v) is 9.65. The van der Waals surface area contributed by atoms with E-state index >= 15 is 0 Å². The van der Waals surface area contributed by atoms with E-state index in [1.807, 2.05) is 0 Å². The van der Waals surface area contributed by atoms with Crippen LogP contribution in [-0.4, -0.2) is 36.5 Å². The highest BCUT2D eigenvalue weighted by atomic mass is 35.5. The number of piperidine rings is 1. The van der Waals surface area contributed by atoms with Crippen molar-refractivity contribution < 1.29 is 16.8 Å². The van der Waals surface area contributed by atoms with Gasteiger partial charge in [-0.25, -0.2) is 26.7 Å². The molecule has 1 fully saturated rings. The molecule has 4 N–H and O–H groups in total. The van der Waals surface area contributed by atoms with Crippen molar-refractivity contribution >= 4 is 32.5 Å². The second-order valence-corrected chi connectivity index (χ2v) is 8.41. The summed E-state index contributed by atoms with van der Waals surface area (Å²) >= 11 is 0. The number of hydrogen-bond acceptors (Lipinski definition) is 5. The van der Waals surface area contributed by atoms with Crippen LogP contribution in [0, 0.1) is 5.92 Å². The van der Waals surface area contributed by atoms with Gasteiger partial charge in [0.15, 0.2) is 0 Å². The van der Waals surface area contributed by atoms with Crippen LogP contribution in [0.1, 0.15) is 12.8 Å². The fraction of sp³-hybridized carbons (Fsp3) is 0.500. The van der Waals surface area contributed by atoms with E-state index < -0.39 is 20.0 Å². The van der Waals surface area contributed by atoms with Gasteiger partial charge in [0.05, 0.1) is 9.79 Å². The second kappa shape index (κ2) is 7.71. The molecule has 0 aliphatic carbocycles. The summed E-state index contributed by atoms with van der Waals surface area (Å²) in [5, 5.41) is 8.22. The van der Waals surface area contributed by atoms with Crippen molar-refractivity contribution in [1.29, 1.82) is 0 Å². The summed E-state index contributed by atoms with van der Waals surface area (Å²) in [5.74, 6) is 0.245. The normalized spacial score (nSPS) is 19.4. The van der Waals surface area contributed by atoms with Crippen molar-refractivity contribution in [2.24, 2.45) is 11.1 Å². The van der Waals surface area contributed by atoms with Gasteiger partial charge in [0.2, 0.25) is 20.0 Å². The van der Waals surface area contributed by atoms with E-state index in [9.17, 15) is 16.8 Å². The predicted molar refractivity (Wildman–Crippen MR) is 85.8 cm³/mol. The molecule has 22 heavy (non-hydrogen) atoms. The molecule has 0 saturated carbocycles. The van der Waals surface area contributed by atoms with Gasteiger partial charge in [0, 0.05) is 6.54 Å². The maximum atomic E-state index is 12.2. The van der Waals surface area contributed by atoms with E-state index in [0.717, 1.165) is 32.0 Å². The molecule has 126 valence electrons. The van der Waals surface area contributed by atoms with Gasteiger partial charge in [0.25, 0.3) is 0 Å². The van der Waals surface area contributed by atoms with Crippen LogP contribution in [0.5, 0.6) is 0 Å². The van der Waals surface area contributed by atoms with Crippen LogP contribution in [-0.2, 0) is 20.0 Å². The average Bonchev–Trinajstić information content (AvgIpc) is 2.46. The van der Waals surface area contributed by atoms with E-state index in [1.54, 1.807) is 0 Å². The van der Waals surface area contributed by atoms with Crippen LogP contribution < -0.4 is 15.2 Å². The number of hydrogen-bond donors (Lipinski definition) is 3. The molecule has 1 atom stereocenters. The van der Waals surface area contributed by atoms with E-state index in [0.29, 0.717) is 6.54 Å². The van der Waals surface area contributed by atoms with Crippen molar-refractivity contribution in [2.45, 2.75) is 22.6 Å². The third-order valence-electron chi connectivity index (χ3n) is 3.41. The van der Waals surface area contributed by atoms with Gasteiger partial charge in [-0.3, -0.25) is 0 Å². The lowest BCUT2D eigenvalue weighted by Gasteiger charge is -2.22. The smallest absolute Gasteiger partial charge is 0.240 e. The van der Waals surface area contributed by atoms with E-state index in [1.165, 1.54) is 18.2 Å². The third-order valence-corrected chi connectivity index (χ3v) is 5.74. The van der Waals surface area contributed by atoms with Crippen LogP contribution in [0.25, 0.3) is 0 Å². The molecular weight excluding hydrogens is 350 g/mol. The molecule has 1 aromatic rings. The van der Waals surface area contributed by atoms with Gasteiger partial charge in [-0.15, -0.1) is 12.4 Å². The van der Waals surface area contributed by atoms with E-state index in [2.05, 4.69) is 10.0 Å². The Kier molecular flexibility index (Phi) is 6.78. The zero-order chi connectivity index (χ0) is 15.5. The SMILES string of the molecule is Cl.NS(=O)(=O)c1cccc(S(=O)(=O)NCC2CCCNC2)c1. The lowest BCUT2D eigenvalue weighted by molar-refractivity contribution is 0.376. The molecule has 1 aliphatic heterocycles. The van der Waals surface area contributed by atoms with E-state index in [4.69, 9.17) is 5.14 Å². The van der Waals surface area contributed by atoms with Gasteiger partial charge in [-0.2, -0.15) is 0 Å². The molecule has 2 rings (SSSR count). The fourth-order valence-electron chi connectivity index (χ4n) is 2.23. The Hall–Kier alpha value is -0.710. The molecule has 1 saturated heterocycles. The average molecular weight is 370 g/mol. The van der Waals surface area contributed by atoms with Crippen molar-refractivity contribution in [3.05, 3.63) is 24.3 Å². The summed E-state index contributed by atoms with van der Waals surface area (Å²) in [6.45, 7) is 2.06. The van der Waals surface area contributed by atoms with Crippen LogP contribution in [0.15, 0.2) is 34.1 Å². The first kappa shape index (κ1) is 19.3.